The fourth-order valence-electron chi connectivity index (χ4n) is 7.74. The zero-order chi connectivity index (χ0) is 40.0. The van der Waals surface area contributed by atoms with Crippen molar-refractivity contribution in [2.24, 2.45) is 0 Å². The van der Waals surface area contributed by atoms with Crippen molar-refractivity contribution in [2.45, 2.75) is 232 Å². The Morgan fingerprint density at radius 3 is 1.42 bits per heavy atom. The number of aromatic amines is 1. The molecule has 0 aromatic carbocycles. The van der Waals surface area contributed by atoms with E-state index in [0.29, 0.717) is 36.2 Å². The summed E-state index contributed by atoms with van der Waals surface area (Å²) in [6.45, 7) is 7.38. The van der Waals surface area contributed by atoms with E-state index in [4.69, 9.17) is 18.9 Å². The van der Waals surface area contributed by atoms with Crippen LogP contribution in [0.3, 0.4) is 0 Å². The van der Waals surface area contributed by atoms with Gasteiger partial charge in [0, 0.05) is 18.2 Å². The van der Waals surface area contributed by atoms with Gasteiger partial charge in [-0.1, -0.05) is 181 Å². The van der Waals surface area contributed by atoms with Crippen molar-refractivity contribution >= 4 is 0 Å². The largest absolute Gasteiger partial charge is 0.346 e. The van der Waals surface area contributed by atoms with Gasteiger partial charge in [0.05, 0.1) is 40.5 Å². The van der Waals surface area contributed by atoms with Gasteiger partial charge in [0.2, 0.25) is 0 Å². The number of unbranched alkanes of at least 4 members (excludes halogenated alkanes) is 26. The quantitative estimate of drug-likeness (QED) is 0.0411. The second-order valence-corrected chi connectivity index (χ2v) is 17.7. The molecule has 9 heteroatoms. The number of aryl methyl sites for hydroxylation is 1. The Balaban J connectivity index is 1.79. The van der Waals surface area contributed by atoms with Gasteiger partial charge in [0.15, 0.2) is 0 Å². The minimum Gasteiger partial charge on any atom is -0.346 e. The highest BCUT2D eigenvalue weighted by Gasteiger charge is 2.42. The van der Waals surface area contributed by atoms with E-state index in [0.717, 1.165) is 25.7 Å². The molecule has 3 atom stereocenters. The number of hydrogen-bond donors (Lipinski definition) is 1. The number of aromatic nitrogens is 2. The average Bonchev–Trinajstić information content (AvgIpc) is 3.52. The lowest BCUT2D eigenvalue weighted by atomic mass is 10.0. The summed E-state index contributed by atoms with van der Waals surface area (Å²) >= 11 is 0. The van der Waals surface area contributed by atoms with Crippen molar-refractivity contribution in [1.82, 2.24) is 9.55 Å². The molecule has 55 heavy (non-hydrogen) atoms. The second-order valence-electron chi connectivity index (χ2n) is 17.7. The molecule has 0 bridgehead atoms. The summed E-state index contributed by atoms with van der Waals surface area (Å²) in [6.07, 6.45) is 37.9. The van der Waals surface area contributed by atoms with Gasteiger partial charge in [-0.15, -0.1) is 0 Å². The molecule has 322 valence electrons. The Labute approximate surface area is 337 Å². The van der Waals surface area contributed by atoms with Crippen molar-refractivity contribution in [3.8, 4) is 0 Å². The molecule has 9 nitrogen and oxygen atoms in total. The van der Waals surface area contributed by atoms with Crippen LogP contribution in [0.1, 0.15) is 212 Å². The number of nitrogens with zero attached hydrogens (tertiary/aromatic N) is 2. The molecule has 1 saturated heterocycles. The first kappa shape index (κ1) is 49.6. The topological polar surface area (TPSA) is 91.8 Å². The van der Waals surface area contributed by atoms with Gasteiger partial charge < -0.3 is 23.4 Å². The molecule has 1 aliphatic heterocycles. The van der Waals surface area contributed by atoms with Crippen LogP contribution in [-0.4, -0.2) is 73.6 Å². The Morgan fingerprint density at radius 2 is 1.04 bits per heavy atom. The monoisotopic (exact) mass is 779 g/mol. The first-order valence-corrected chi connectivity index (χ1v) is 23.3. The molecule has 2 heterocycles. The Kier molecular flexibility index (Phi) is 28.4. The lowest BCUT2D eigenvalue weighted by Crippen LogP contribution is -2.46. The minimum atomic E-state index is -0.777. The molecular formula is C46H88N3O6+. The molecule has 0 aliphatic carbocycles. The first-order valence-electron chi connectivity index (χ1n) is 23.3. The van der Waals surface area contributed by atoms with E-state index in [1.54, 1.807) is 13.1 Å². The third kappa shape index (κ3) is 24.8. The van der Waals surface area contributed by atoms with Gasteiger partial charge in [0.1, 0.15) is 18.9 Å². The minimum absolute atomic E-state index is 0.263. The number of H-pyrrole nitrogens is 1. The predicted octanol–water partition coefficient (Wildman–Crippen LogP) is 11.5. The molecule has 1 unspecified atom stereocenters. The van der Waals surface area contributed by atoms with E-state index in [2.05, 4.69) is 40.0 Å². The van der Waals surface area contributed by atoms with E-state index < -0.39 is 18.4 Å². The molecule has 0 radical (unpaired) electrons. The van der Waals surface area contributed by atoms with E-state index in [-0.39, 0.29) is 17.8 Å². The van der Waals surface area contributed by atoms with Crippen LogP contribution < -0.4 is 11.2 Å². The van der Waals surface area contributed by atoms with Crippen LogP contribution in [0.25, 0.3) is 0 Å². The van der Waals surface area contributed by atoms with Gasteiger partial charge in [-0.3, -0.25) is 14.3 Å². The van der Waals surface area contributed by atoms with Crippen LogP contribution in [0.4, 0.5) is 0 Å². The number of hydrogen-bond acceptors (Lipinski definition) is 6. The van der Waals surface area contributed by atoms with Crippen molar-refractivity contribution in [1.29, 1.82) is 0 Å². The molecule has 1 aliphatic rings. The van der Waals surface area contributed by atoms with Crippen molar-refractivity contribution < 1.29 is 23.4 Å². The fraction of sp³-hybridized carbons (Fsp3) is 0.913. The van der Waals surface area contributed by atoms with Crippen LogP contribution in [0.15, 0.2) is 15.8 Å². The Morgan fingerprint density at radius 1 is 0.655 bits per heavy atom. The lowest BCUT2D eigenvalue weighted by Gasteiger charge is -2.31. The van der Waals surface area contributed by atoms with Crippen molar-refractivity contribution in [3.05, 3.63) is 32.6 Å². The maximum absolute atomic E-state index is 12.8. The van der Waals surface area contributed by atoms with E-state index in [1.165, 1.54) is 159 Å². The number of rotatable bonds is 37. The highest BCUT2D eigenvalue weighted by atomic mass is 16.8. The zero-order valence-corrected chi connectivity index (χ0v) is 36.9. The molecular weight excluding hydrogens is 691 g/mol. The summed E-state index contributed by atoms with van der Waals surface area (Å²) < 4.78 is 27.8. The predicted molar refractivity (Wildman–Crippen MR) is 229 cm³/mol. The third-order valence-corrected chi connectivity index (χ3v) is 11.2. The van der Waals surface area contributed by atoms with Crippen LogP contribution >= 0.6 is 0 Å². The fourth-order valence-corrected chi connectivity index (χ4v) is 7.74. The summed E-state index contributed by atoms with van der Waals surface area (Å²) in [5, 5.41) is 0. The highest BCUT2D eigenvalue weighted by Crippen LogP contribution is 2.32. The van der Waals surface area contributed by atoms with Gasteiger partial charge in [-0.2, -0.15) is 0 Å². The van der Waals surface area contributed by atoms with Crippen molar-refractivity contribution in [2.75, 3.05) is 40.9 Å². The third-order valence-electron chi connectivity index (χ3n) is 11.2. The lowest BCUT2D eigenvalue weighted by molar-refractivity contribution is -0.874. The standard InChI is InChI=1S/C46H87N3O6/c1-7-9-11-13-15-17-19-21-23-25-27-29-31-33-35-52-46(53-36-34-32-30-28-26-24-22-20-18-16-14-12-10-8-2)55-41-37-43(54-42(41)39-49(4,5)6)48-38-40(3)44(50)47-45(48)51/h38,41-43,46H,7-37,39H2,1-6H3/p+1/t41?,42-,43-/m1/s1. The molecule has 0 saturated carbocycles. The van der Waals surface area contributed by atoms with E-state index in [9.17, 15) is 9.59 Å². The van der Waals surface area contributed by atoms with Crippen LogP contribution in [0, 0.1) is 6.92 Å². The Hall–Kier alpha value is -1.52. The Bertz CT molecular complexity index is 1130. The van der Waals surface area contributed by atoms with E-state index in [1.807, 2.05) is 0 Å². The summed E-state index contributed by atoms with van der Waals surface area (Å²) in [6, 6.07) is 0. The number of ether oxygens (including phenoxy) is 4. The average molecular weight is 779 g/mol. The SMILES string of the molecule is CCCCCCCCCCCCCCCCOC(OCCCCCCCCCCCCCCCC)OC1C[C@H](n2cc(C)c(=O)[nH]c2=O)O[C@@H]1C[N+](C)(C)C. The van der Waals surface area contributed by atoms with E-state index >= 15 is 0 Å². The van der Waals surface area contributed by atoms with Gasteiger partial charge in [-0.25, -0.2) is 4.79 Å². The summed E-state index contributed by atoms with van der Waals surface area (Å²) in [4.78, 5) is 27.3. The summed E-state index contributed by atoms with van der Waals surface area (Å²) in [5.74, 6) is 0. The van der Waals surface area contributed by atoms with Crippen LogP contribution in [0.2, 0.25) is 0 Å². The summed E-state index contributed by atoms with van der Waals surface area (Å²) in [7, 11) is 6.37. The smallest absolute Gasteiger partial charge is 0.330 e. The molecule has 1 aromatic heterocycles. The summed E-state index contributed by atoms with van der Waals surface area (Å²) in [5.41, 5.74) is -0.365. The van der Waals surface area contributed by atoms with Gasteiger partial charge in [-0.05, 0) is 19.8 Å². The number of likely N-dealkylation sites (N-methyl/N-ethyl adjacent to an activating group) is 1. The second kappa shape index (κ2) is 31.5. The molecule has 1 fully saturated rings. The number of quaternary nitrogens is 1. The van der Waals surface area contributed by atoms with Gasteiger partial charge in [0.25, 0.3) is 12.0 Å². The van der Waals surface area contributed by atoms with Crippen LogP contribution in [-0.2, 0) is 18.9 Å². The maximum Gasteiger partial charge on any atom is 0.330 e. The van der Waals surface area contributed by atoms with Crippen LogP contribution in [0.5, 0.6) is 0 Å². The first-order chi connectivity index (χ1) is 26.6. The molecule has 0 amide bonds. The van der Waals surface area contributed by atoms with Gasteiger partial charge >= 0.3 is 5.69 Å². The number of nitrogens with one attached hydrogen (secondary N) is 1. The highest BCUT2D eigenvalue weighted by molar-refractivity contribution is 5.02. The zero-order valence-electron chi connectivity index (χ0n) is 36.9. The normalized spacial score (nSPS) is 17.5. The molecule has 1 N–H and O–H groups in total. The molecule has 2 rings (SSSR count). The van der Waals surface area contributed by atoms with Crippen molar-refractivity contribution in [3.63, 3.8) is 0 Å². The molecule has 1 aromatic rings. The molecule has 0 spiro atoms. The maximum atomic E-state index is 12.8.